The normalized spacial score (nSPS) is 10.7. The van der Waals surface area contributed by atoms with Crippen LogP contribution in [0, 0.1) is 5.92 Å². The highest BCUT2D eigenvalue weighted by Crippen LogP contribution is 2.26. The van der Waals surface area contributed by atoms with Gasteiger partial charge in [-0.2, -0.15) is 4.37 Å². The van der Waals surface area contributed by atoms with Crippen molar-refractivity contribution in [2.45, 2.75) is 20.3 Å². The van der Waals surface area contributed by atoms with Gasteiger partial charge in [-0.25, -0.2) is 0 Å². The van der Waals surface area contributed by atoms with Gasteiger partial charge in [0.25, 0.3) is 0 Å². The van der Waals surface area contributed by atoms with Crippen molar-refractivity contribution in [1.29, 1.82) is 0 Å². The summed E-state index contributed by atoms with van der Waals surface area (Å²) in [7, 11) is 0. The van der Waals surface area contributed by atoms with Crippen molar-refractivity contribution in [3.63, 3.8) is 0 Å². The van der Waals surface area contributed by atoms with Crippen molar-refractivity contribution in [3.05, 3.63) is 35.4 Å². The molecule has 1 heterocycles. The molecular formula is C14H15ClN2OS. The molecule has 2 aromatic rings. The zero-order valence-electron chi connectivity index (χ0n) is 10.8. The van der Waals surface area contributed by atoms with E-state index in [1.54, 1.807) is 0 Å². The molecule has 0 fully saturated rings. The summed E-state index contributed by atoms with van der Waals surface area (Å²) in [6, 6.07) is 9.36. The molecule has 1 aromatic heterocycles. The number of halogens is 1. The Hall–Kier alpha value is -1.39. The monoisotopic (exact) mass is 294 g/mol. The van der Waals surface area contributed by atoms with Crippen molar-refractivity contribution >= 4 is 34.0 Å². The zero-order chi connectivity index (χ0) is 13.8. The van der Waals surface area contributed by atoms with E-state index in [1.807, 2.05) is 44.2 Å². The Morgan fingerprint density at radius 3 is 2.68 bits per heavy atom. The first kappa shape index (κ1) is 14.0. The van der Waals surface area contributed by atoms with Crippen LogP contribution in [0.2, 0.25) is 5.02 Å². The number of amides is 1. The maximum absolute atomic E-state index is 11.7. The minimum atomic E-state index is 0.0290. The van der Waals surface area contributed by atoms with Gasteiger partial charge in [-0.15, -0.1) is 0 Å². The van der Waals surface area contributed by atoms with Gasteiger partial charge in [0, 0.05) is 23.1 Å². The summed E-state index contributed by atoms with van der Waals surface area (Å²) in [4.78, 5) is 11.7. The fourth-order valence-corrected chi connectivity index (χ4v) is 2.45. The Morgan fingerprint density at radius 2 is 2.05 bits per heavy atom. The molecule has 1 aromatic carbocycles. The molecule has 0 saturated carbocycles. The molecule has 100 valence electrons. The third kappa shape index (κ3) is 4.04. The second-order valence-electron chi connectivity index (χ2n) is 4.73. The molecule has 3 nitrogen and oxygen atoms in total. The van der Waals surface area contributed by atoms with E-state index >= 15 is 0 Å². The number of rotatable bonds is 4. The van der Waals surface area contributed by atoms with Crippen LogP contribution < -0.4 is 5.32 Å². The Labute approximate surface area is 121 Å². The molecule has 0 atom stereocenters. The second kappa shape index (κ2) is 6.17. The van der Waals surface area contributed by atoms with Gasteiger partial charge in [0.05, 0.1) is 5.69 Å². The lowest BCUT2D eigenvalue weighted by atomic mass is 10.1. The van der Waals surface area contributed by atoms with Gasteiger partial charge in [0.2, 0.25) is 5.91 Å². The number of nitrogens with zero attached hydrogens (tertiary/aromatic N) is 1. The minimum Gasteiger partial charge on any atom is -0.316 e. The smallest absolute Gasteiger partial charge is 0.225 e. The van der Waals surface area contributed by atoms with E-state index in [4.69, 9.17) is 11.6 Å². The molecule has 0 unspecified atom stereocenters. The highest BCUT2D eigenvalue weighted by atomic mass is 35.5. The fraction of sp³-hybridized carbons (Fsp3) is 0.286. The molecule has 19 heavy (non-hydrogen) atoms. The van der Waals surface area contributed by atoms with E-state index in [9.17, 15) is 4.79 Å². The number of carbonyl (C=O) groups excluding carboxylic acids is 1. The third-order valence-electron chi connectivity index (χ3n) is 2.51. The van der Waals surface area contributed by atoms with Crippen molar-refractivity contribution < 1.29 is 4.79 Å². The van der Waals surface area contributed by atoms with Gasteiger partial charge in [-0.05, 0) is 29.6 Å². The van der Waals surface area contributed by atoms with E-state index < -0.39 is 0 Å². The van der Waals surface area contributed by atoms with Crippen LogP contribution in [0.15, 0.2) is 30.3 Å². The molecule has 2 rings (SSSR count). The van der Waals surface area contributed by atoms with E-state index in [-0.39, 0.29) is 5.91 Å². The highest BCUT2D eigenvalue weighted by molar-refractivity contribution is 7.10. The summed E-state index contributed by atoms with van der Waals surface area (Å²) in [5, 5.41) is 4.34. The zero-order valence-corrected chi connectivity index (χ0v) is 12.4. The average Bonchev–Trinajstić information content (AvgIpc) is 2.77. The number of carbonyl (C=O) groups is 1. The van der Waals surface area contributed by atoms with Gasteiger partial charge in [-0.1, -0.05) is 37.6 Å². The molecule has 1 N–H and O–H groups in total. The van der Waals surface area contributed by atoms with Crippen molar-refractivity contribution in [3.8, 4) is 11.3 Å². The largest absolute Gasteiger partial charge is 0.316 e. The Balaban J connectivity index is 2.07. The molecule has 0 spiro atoms. The first-order valence-corrected chi connectivity index (χ1v) is 7.22. The van der Waals surface area contributed by atoms with E-state index in [1.165, 1.54) is 11.5 Å². The summed E-state index contributed by atoms with van der Waals surface area (Å²) < 4.78 is 4.33. The molecule has 0 aliphatic heterocycles. The molecule has 0 aliphatic carbocycles. The molecule has 5 heteroatoms. The fourth-order valence-electron chi connectivity index (χ4n) is 1.65. The standard InChI is InChI=1S/C14H15ClN2OS/c1-9(2)7-13(18)16-14-8-12(17-19-14)10-3-5-11(15)6-4-10/h3-6,8-9H,7H2,1-2H3,(H,16,18). The van der Waals surface area contributed by atoms with Gasteiger partial charge in [0.1, 0.15) is 5.00 Å². The SMILES string of the molecule is CC(C)CC(=O)Nc1cc(-c2ccc(Cl)cc2)ns1. The number of hydrogen-bond acceptors (Lipinski definition) is 3. The van der Waals surface area contributed by atoms with Crippen molar-refractivity contribution in [1.82, 2.24) is 4.37 Å². The average molecular weight is 295 g/mol. The number of hydrogen-bond donors (Lipinski definition) is 1. The lowest BCUT2D eigenvalue weighted by Crippen LogP contribution is -2.12. The van der Waals surface area contributed by atoms with E-state index in [0.717, 1.165) is 16.3 Å². The summed E-state index contributed by atoms with van der Waals surface area (Å²) in [6.07, 6.45) is 0.522. The predicted molar refractivity (Wildman–Crippen MR) is 80.6 cm³/mol. The number of aromatic nitrogens is 1. The third-order valence-corrected chi connectivity index (χ3v) is 3.46. The summed E-state index contributed by atoms with van der Waals surface area (Å²) >= 11 is 7.14. The van der Waals surface area contributed by atoms with Crippen molar-refractivity contribution in [2.75, 3.05) is 5.32 Å². The summed E-state index contributed by atoms with van der Waals surface area (Å²) in [5.74, 6) is 0.380. The van der Waals surface area contributed by atoms with Gasteiger partial charge in [0.15, 0.2) is 0 Å². The van der Waals surface area contributed by atoms with Crippen LogP contribution >= 0.6 is 23.1 Å². The highest BCUT2D eigenvalue weighted by Gasteiger charge is 2.09. The maximum atomic E-state index is 11.7. The number of nitrogens with one attached hydrogen (secondary N) is 1. The van der Waals surface area contributed by atoms with E-state index in [0.29, 0.717) is 17.4 Å². The maximum Gasteiger partial charge on any atom is 0.225 e. The van der Waals surface area contributed by atoms with Gasteiger partial charge in [-0.3, -0.25) is 4.79 Å². The molecule has 0 saturated heterocycles. The second-order valence-corrected chi connectivity index (χ2v) is 5.97. The molecule has 0 radical (unpaired) electrons. The Kier molecular flexibility index (Phi) is 4.56. The first-order valence-electron chi connectivity index (χ1n) is 6.07. The van der Waals surface area contributed by atoms with Crippen LogP contribution in [0.25, 0.3) is 11.3 Å². The van der Waals surface area contributed by atoms with Crippen LogP contribution in [0.1, 0.15) is 20.3 Å². The summed E-state index contributed by atoms with van der Waals surface area (Å²) in [5.41, 5.74) is 1.84. The van der Waals surface area contributed by atoms with Gasteiger partial charge < -0.3 is 5.32 Å². The molecular weight excluding hydrogens is 280 g/mol. The molecule has 0 bridgehead atoms. The van der Waals surface area contributed by atoms with Crippen molar-refractivity contribution in [2.24, 2.45) is 5.92 Å². The molecule has 1 amide bonds. The Morgan fingerprint density at radius 1 is 1.37 bits per heavy atom. The number of anilines is 1. The van der Waals surface area contributed by atoms with E-state index in [2.05, 4.69) is 9.69 Å². The summed E-state index contributed by atoms with van der Waals surface area (Å²) in [6.45, 7) is 4.04. The van der Waals surface area contributed by atoms with Gasteiger partial charge >= 0.3 is 0 Å². The van der Waals surface area contributed by atoms with Crippen LogP contribution in [0.3, 0.4) is 0 Å². The van der Waals surface area contributed by atoms with Crippen LogP contribution in [-0.4, -0.2) is 10.3 Å². The van der Waals surface area contributed by atoms with Crippen LogP contribution in [0.5, 0.6) is 0 Å². The first-order chi connectivity index (χ1) is 9.04. The lowest BCUT2D eigenvalue weighted by molar-refractivity contribution is -0.116. The number of benzene rings is 1. The molecule has 0 aliphatic rings. The van der Waals surface area contributed by atoms with Crippen LogP contribution in [-0.2, 0) is 4.79 Å². The minimum absolute atomic E-state index is 0.0290. The quantitative estimate of drug-likeness (QED) is 0.905. The Bertz CT molecular complexity index is 563. The topological polar surface area (TPSA) is 42.0 Å². The predicted octanol–water partition coefficient (Wildman–Crippen LogP) is 4.45. The lowest BCUT2D eigenvalue weighted by Gasteiger charge is -2.03. The van der Waals surface area contributed by atoms with Crippen LogP contribution in [0.4, 0.5) is 5.00 Å².